The molecule has 1 unspecified atom stereocenters. The number of hydrogen-bond donors (Lipinski definition) is 2. The molecule has 0 aliphatic carbocycles. The van der Waals surface area contributed by atoms with Crippen molar-refractivity contribution in [2.24, 2.45) is 0 Å². The van der Waals surface area contributed by atoms with Crippen molar-refractivity contribution in [1.82, 2.24) is 20.3 Å². The van der Waals surface area contributed by atoms with Crippen LogP contribution in [0, 0.1) is 6.92 Å². The molecule has 2 aromatic rings. The Kier molecular flexibility index (Phi) is 4.40. The summed E-state index contributed by atoms with van der Waals surface area (Å²) in [4.78, 5) is 13.2. The highest BCUT2D eigenvalue weighted by Crippen LogP contribution is 2.23. The molecule has 0 spiro atoms. The van der Waals surface area contributed by atoms with Gasteiger partial charge >= 0.3 is 0 Å². The van der Waals surface area contributed by atoms with Crippen LogP contribution in [0.15, 0.2) is 30.6 Å². The van der Waals surface area contributed by atoms with Gasteiger partial charge < -0.3 is 10.6 Å². The van der Waals surface area contributed by atoms with Gasteiger partial charge in [0.2, 0.25) is 0 Å². The Morgan fingerprint density at radius 3 is 3.10 bits per heavy atom. The molecule has 3 heterocycles. The fourth-order valence-electron chi connectivity index (χ4n) is 2.69. The van der Waals surface area contributed by atoms with Crippen LogP contribution in [-0.4, -0.2) is 28.0 Å². The maximum atomic E-state index is 4.61. The molecule has 0 aromatic carbocycles. The summed E-state index contributed by atoms with van der Waals surface area (Å²) in [5.41, 5.74) is 2.29. The van der Waals surface area contributed by atoms with Crippen LogP contribution in [0.3, 0.4) is 0 Å². The maximum Gasteiger partial charge on any atom is 0.130 e. The van der Waals surface area contributed by atoms with Gasteiger partial charge in [-0.3, -0.25) is 4.98 Å². The summed E-state index contributed by atoms with van der Waals surface area (Å²) in [6, 6.07) is 6.09. The first-order valence-corrected chi connectivity index (χ1v) is 7.50. The molecular formula is C16H21N5. The molecule has 0 bridgehead atoms. The third kappa shape index (κ3) is 3.76. The van der Waals surface area contributed by atoms with Gasteiger partial charge in [0, 0.05) is 37.5 Å². The summed E-state index contributed by atoms with van der Waals surface area (Å²) < 4.78 is 0. The van der Waals surface area contributed by atoms with Crippen LogP contribution in [0.5, 0.6) is 0 Å². The highest BCUT2D eigenvalue weighted by Gasteiger charge is 2.17. The first kappa shape index (κ1) is 13.9. The smallest absolute Gasteiger partial charge is 0.130 e. The molecule has 21 heavy (non-hydrogen) atoms. The molecule has 2 aromatic heterocycles. The normalized spacial score (nSPS) is 18.4. The molecular weight excluding hydrogens is 262 g/mol. The number of nitrogens with one attached hydrogen (secondary N) is 2. The number of aromatic nitrogens is 3. The lowest BCUT2D eigenvalue weighted by Gasteiger charge is -2.22. The molecule has 1 fully saturated rings. The lowest BCUT2D eigenvalue weighted by molar-refractivity contribution is 0.453. The van der Waals surface area contributed by atoms with Crippen LogP contribution in [0.2, 0.25) is 0 Å². The van der Waals surface area contributed by atoms with Crippen molar-refractivity contribution >= 4 is 5.82 Å². The zero-order chi connectivity index (χ0) is 14.5. The van der Waals surface area contributed by atoms with E-state index in [9.17, 15) is 0 Å². The van der Waals surface area contributed by atoms with E-state index in [4.69, 9.17) is 0 Å². The SMILES string of the molecule is Cc1nc(NCc2cccnc2)cc(C2CCCNC2)n1. The Morgan fingerprint density at radius 1 is 1.38 bits per heavy atom. The van der Waals surface area contributed by atoms with Crippen LogP contribution in [-0.2, 0) is 6.54 Å². The molecule has 110 valence electrons. The number of piperidine rings is 1. The predicted octanol–water partition coefficient (Wildman–Crippen LogP) is 2.26. The summed E-state index contributed by atoms with van der Waals surface area (Å²) in [5.74, 6) is 2.22. The van der Waals surface area contributed by atoms with Crippen LogP contribution < -0.4 is 10.6 Å². The number of hydrogen-bond acceptors (Lipinski definition) is 5. The standard InChI is InChI=1S/C16H21N5/c1-12-20-15(14-5-3-7-18-11-14)8-16(21-12)19-10-13-4-2-6-17-9-13/h2,4,6,8-9,14,18H,3,5,7,10-11H2,1H3,(H,19,20,21). The Labute approximate surface area is 125 Å². The number of rotatable bonds is 4. The van der Waals surface area contributed by atoms with Gasteiger partial charge in [-0.25, -0.2) is 9.97 Å². The third-order valence-corrected chi connectivity index (χ3v) is 3.77. The van der Waals surface area contributed by atoms with Crippen LogP contribution in [0.4, 0.5) is 5.82 Å². The molecule has 1 atom stereocenters. The van der Waals surface area contributed by atoms with Gasteiger partial charge in [0.05, 0.1) is 5.69 Å². The van der Waals surface area contributed by atoms with E-state index < -0.39 is 0 Å². The first-order chi connectivity index (χ1) is 10.3. The van der Waals surface area contributed by atoms with Crippen molar-refractivity contribution in [1.29, 1.82) is 0 Å². The van der Waals surface area contributed by atoms with E-state index in [2.05, 4.69) is 37.7 Å². The Balaban J connectivity index is 1.71. The number of aryl methyl sites for hydroxylation is 1. The lowest BCUT2D eigenvalue weighted by atomic mass is 9.96. The average molecular weight is 283 g/mol. The van der Waals surface area contributed by atoms with E-state index in [1.54, 1.807) is 6.20 Å². The summed E-state index contributed by atoms with van der Waals surface area (Å²) in [6.07, 6.45) is 6.07. The third-order valence-electron chi connectivity index (χ3n) is 3.77. The fraction of sp³-hybridized carbons (Fsp3) is 0.438. The minimum atomic E-state index is 0.499. The quantitative estimate of drug-likeness (QED) is 0.901. The largest absolute Gasteiger partial charge is 0.366 e. The molecule has 1 saturated heterocycles. The number of nitrogens with zero attached hydrogens (tertiary/aromatic N) is 3. The van der Waals surface area contributed by atoms with E-state index in [-0.39, 0.29) is 0 Å². The second-order valence-corrected chi connectivity index (χ2v) is 5.48. The Morgan fingerprint density at radius 2 is 2.33 bits per heavy atom. The van der Waals surface area contributed by atoms with E-state index in [0.717, 1.165) is 42.5 Å². The van der Waals surface area contributed by atoms with Crippen LogP contribution in [0.1, 0.15) is 35.8 Å². The van der Waals surface area contributed by atoms with Crippen LogP contribution >= 0.6 is 0 Å². The molecule has 0 saturated carbocycles. The summed E-state index contributed by atoms with van der Waals surface area (Å²) in [7, 11) is 0. The topological polar surface area (TPSA) is 62.7 Å². The van der Waals surface area contributed by atoms with Crippen LogP contribution in [0.25, 0.3) is 0 Å². The Hall–Kier alpha value is -2.01. The summed E-state index contributed by atoms with van der Waals surface area (Å²) >= 11 is 0. The van der Waals surface area contributed by atoms with Gasteiger partial charge in [0.25, 0.3) is 0 Å². The van der Waals surface area contributed by atoms with Gasteiger partial charge in [-0.05, 0) is 37.9 Å². The maximum absolute atomic E-state index is 4.61. The van der Waals surface area contributed by atoms with Gasteiger partial charge in [-0.1, -0.05) is 6.07 Å². The van der Waals surface area contributed by atoms with Gasteiger partial charge in [0.1, 0.15) is 11.6 Å². The predicted molar refractivity (Wildman–Crippen MR) is 83.2 cm³/mol. The molecule has 1 aliphatic heterocycles. The van der Waals surface area contributed by atoms with Crippen molar-refractivity contribution in [2.45, 2.75) is 32.2 Å². The Bertz CT molecular complexity index is 578. The highest BCUT2D eigenvalue weighted by molar-refractivity contribution is 5.38. The average Bonchev–Trinajstić information content (AvgIpc) is 2.54. The number of pyridine rings is 1. The van der Waals surface area contributed by atoms with Crippen molar-refractivity contribution in [2.75, 3.05) is 18.4 Å². The van der Waals surface area contributed by atoms with E-state index in [1.807, 2.05) is 19.2 Å². The van der Waals surface area contributed by atoms with Crippen molar-refractivity contribution in [3.63, 3.8) is 0 Å². The van der Waals surface area contributed by atoms with Gasteiger partial charge in [0.15, 0.2) is 0 Å². The zero-order valence-corrected chi connectivity index (χ0v) is 12.3. The first-order valence-electron chi connectivity index (χ1n) is 7.50. The molecule has 5 heteroatoms. The fourth-order valence-corrected chi connectivity index (χ4v) is 2.69. The molecule has 5 nitrogen and oxygen atoms in total. The second-order valence-electron chi connectivity index (χ2n) is 5.48. The lowest BCUT2D eigenvalue weighted by Crippen LogP contribution is -2.29. The number of anilines is 1. The summed E-state index contributed by atoms with van der Waals surface area (Å²) in [5, 5.41) is 6.81. The molecule has 2 N–H and O–H groups in total. The van der Waals surface area contributed by atoms with Crippen molar-refractivity contribution < 1.29 is 0 Å². The van der Waals surface area contributed by atoms with E-state index in [0.29, 0.717) is 5.92 Å². The zero-order valence-electron chi connectivity index (χ0n) is 12.3. The van der Waals surface area contributed by atoms with Crippen molar-refractivity contribution in [3.8, 4) is 0 Å². The summed E-state index contributed by atoms with van der Waals surface area (Å²) in [6.45, 7) is 4.81. The molecule has 0 amide bonds. The molecule has 1 aliphatic rings. The van der Waals surface area contributed by atoms with E-state index >= 15 is 0 Å². The highest BCUT2D eigenvalue weighted by atomic mass is 15.0. The van der Waals surface area contributed by atoms with Crippen molar-refractivity contribution in [3.05, 3.63) is 47.7 Å². The van der Waals surface area contributed by atoms with Gasteiger partial charge in [-0.15, -0.1) is 0 Å². The monoisotopic (exact) mass is 283 g/mol. The molecule has 0 radical (unpaired) electrons. The minimum absolute atomic E-state index is 0.499. The molecule has 3 rings (SSSR count). The second kappa shape index (κ2) is 6.63. The van der Waals surface area contributed by atoms with E-state index in [1.165, 1.54) is 12.8 Å². The van der Waals surface area contributed by atoms with Gasteiger partial charge in [-0.2, -0.15) is 0 Å². The minimum Gasteiger partial charge on any atom is -0.366 e.